The van der Waals surface area contributed by atoms with E-state index in [-0.39, 0.29) is 18.3 Å². The first-order valence-electron chi connectivity index (χ1n) is 4.39. The van der Waals surface area contributed by atoms with E-state index in [0.717, 1.165) is 0 Å². The van der Waals surface area contributed by atoms with Crippen molar-refractivity contribution in [3.05, 3.63) is 18.2 Å². The van der Waals surface area contributed by atoms with Crippen molar-refractivity contribution in [3.63, 3.8) is 0 Å². The smallest absolute Gasteiger partial charge is 0.242 e. The van der Waals surface area contributed by atoms with Gasteiger partial charge in [-0.1, -0.05) is 0 Å². The largest absolute Gasteiger partial charge is 0.344 e. The highest BCUT2D eigenvalue weighted by Crippen LogP contribution is 1.96. The zero-order valence-corrected chi connectivity index (χ0v) is 8.30. The monoisotopic (exact) mass is 195 g/mol. The van der Waals surface area contributed by atoms with Crippen LogP contribution in [0.5, 0.6) is 0 Å². The fourth-order valence-corrected chi connectivity index (χ4v) is 1.02. The summed E-state index contributed by atoms with van der Waals surface area (Å²) in [5, 5.41) is 0. The molecule has 0 aliphatic carbocycles. The highest BCUT2D eigenvalue weighted by molar-refractivity contribution is 5.77. The summed E-state index contributed by atoms with van der Waals surface area (Å²) in [5.74, 6) is 0.247. The van der Waals surface area contributed by atoms with Gasteiger partial charge in [0, 0.05) is 26.0 Å². The van der Waals surface area contributed by atoms with Crippen molar-refractivity contribution in [2.75, 3.05) is 13.6 Å². The number of rotatable bonds is 4. The van der Waals surface area contributed by atoms with Crippen LogP contribution in [0.3, 0.4) is 0 Å². The van der Waals surface area contributed by atoms with Crippen LogP contribution in [-0.2, 0) is 11.3 Å². The van der Waals surface area contributed by atoms with E-state index >= 15 is 0 Å². The molecule has 1 aromatic heterocycles. The molecule has 0 N–H and O–H groups in total. The number of carbonyl (C=O) groups is 2. The first-order chi connectivity index (χ1) is 6.69. The maximum absolute atomic E-state index is 11.5. The van der Waals surface area contributed by atoms with Gasteiger partial charge in [-0.2, -0.15) is 0 Å². The first-order valence-corrected chi connectivity index (χ1v) is 4.39. The van der Waals surface area contributed by atoms with Crippen molar-refractivity contribution in [1.82, 2.24) is 14.5 Å². The van der Waals surface area contributed by atoms with Crippen molar-refractivity contribution in [3.8, 4) is 0 Å². The Kier molecular flexibility index (Phi) is 3.39. The Balaban J connectivity index is 2.69. The number of imidazole rings is 1. The van der Waals surface area contributed by atoms with Crippen molar-refractivity contribution in [2.45, 2.75) is 13.5 Å². The molecule has 0 fully saturated rings. The maximum atomic E-state index is 11.5. The zero-order chi connectivity index (χ0) is 10.6. The van der Waals surface area contributed by atoms with Crippen LogP contribution in [0.25, 0.3) is 0 Å². The molecular formula is C9H13N3O2. The van der Waals surface area contributed by atoms with Crippen LogP contribution in [0.1, 0.15) is 17.5 Å². The predicted molar refractivity (Wildman–Crippen MR) is 50.9 cm³/mol. The van der Waals surface area contributed by atoms with Gasteiger partial charge >= 0.3 is 0 Å². The Bertz CT molecular complexity index is 333. The van der Waals surface area contributed by atoms with Crippen LogP contribution in [0.4, 0.5) is 0 Å². The lowest BCUT2D eigenvalue weighted by molar-refractivity contribution is -0.130. The van der Waals surface area contributed by atoms with Gasteiger partial charge in [0.25, 0.3) is 0 Å². The Hall–Kier alpha value is -1.65. The van der Waals surface area contributed by atoms with Crippen molar-refractivity contribution in [2.24, 2.45) is 0 Å². The molecule has 1 rings (SSSR count). The van der Waals surface area contributed by atoms with Gasteiger partial charge in [0.1, 0.15) is 6.54 Å². The molecule has 5 heteroatoms. The molecule has 1 heterocycles. The molecule has 1 amide bonds. The van der Waals surface area contributed by atoms with Gasteiger partial charge in [0.05, 0.1) is 0 Å². The zero-order valence-electron chi connectivity index (χ0n) is 8.30. The quantitative estimate of drug-likeness (QED) is 0.644. The maximum Gasteiger partial charge on any atom is 0.242 e. The Morgan fingerprint density at radius 2 is 2.43 bits per heavy atom. The highest BCUT2D eigenvalue weighted by atomic mass is 16.2. The van der Waals surface area contributed by atoms with E-state index in [9.17, 15) is 9.59 Å². The number of aromatic nitrogens is 2. The van der Waals surface area contributed by atoms with E-state index in [0.29, 0.717) is 12.8 Å². The Labute approximate surface area is 82.3 Å². The molecule has 1 aromatic rings. The number of likely N-dealkylation sites (N-methyl/N-ethyl adjacent to an activating group) is 1. The first kappa shape index (κ1) is 10.4. The molecule has 0 saturated carbocycles. The number of aldehydes is 1. The van der Waals surface area contributed by atoms with Crippen molar-refractivity contribution >= 4 is 12.2 Å². The van der Waals surface area contributed by atoms with Crippen molar-refractivity contribution < 1.29 is 9.59 Å². The summed E-state index contributed by atoms with van der Waals surface area (Å²) < 4.78 is 1.53. The topological polar surface area (TPSA) is 55.2 Å². The fourth-order valence-electron chi connectivity index (χ4n) is 1.02. The summed E-state index contributed by atoms with van der Waals surface area (Å²) in [6, 6.07) is 0. The van der Waals surface area contributed by atoms with E-state index in [1.165, 1.54) is 10.8 Å². The Morgan fingerprint density at radius 1 is 1.71 bits per heavy atom. The normalized spacial score (nSPS) is 9.86. The molecular weight excluding hydrogens is 182 g/mol. The van der Waals surface area contributed by atoms with Crippen LogP contribution in [0.2, 0.25) is 0 Å². The molecule has 14 heavy (non-hydrogen) atoms. The molecule has 0 atom stereocenters. The summed E-state index contributed by atoms with van der Waals surface area (Å²) in [6.45, 7) is 2.72. The summed E-state index contributed by atoms with van der Waals surface area (Å²) in [5.41, 5.74) is 0. The van der Waals surface area contributed by atoms with Gasteiger partial charge in [0.2, 0.25) is 5.91 Å². The SMILES string of the molecule is CCN(C)C(=O)Cn1ccnc1C=O. The van der Waals surface area contributed by atoms with Crippen LogP contribution in [0, 0.1) is 0 Å². The molecule has 0 spiro atoms. The average Bonchev–Trinajstić information content (AvgIpc) is 2.63. The second-order valence-electron chi connectivity index (χ2n) is 2.94. The average molecular weight is 195 g/mol. The van der Waals surface area contributed by atoms with Crippen molar-refractivity contribution in [1.29, 1.82) is 0 Å². The van der Waals surface area contributed by atoms with Gasteiger partial charge in [0.15, 0.2) is 12.1 Å². The fraction of sp³-hybridized carbons (Fsp3) is 0.444. The second kappa shape index (κ2) is 4.55. The second-order valence-corrected chi connectivity index (χ2v) is 2.94. The molecule has 0 bridgehead atoms. The number of amides is 1. The molecule has 76 valence electrons. The van der Waals surface area contributed by atoms with Crippen LogP contribution < -0.4 is 0 Å². The van der Waals surface area contributed by atoms with E-state index in [2.05, 4.69) is 4.98 Å². The molecule has 0 aliphatic heterocycles. The van der Waals surface area contributed by atoms with Gasteiger partial charge in [-0.05, 0) is 6.92 Å². The third-order valence-corrected chi connectivity index (χ3v) is 2.06. The van der Waals surface area contributed by atoms with Crippen LogP contribution >= 0.6 is 0 Å². The summed E-state index contributed by atoms with van der Waals surface area (Å²) in [4.78, 5) is 27.4. The molecule has 0 radical (unpaired) electrons. The summed E-state index contributed by atoms with van der Waals surface area (Å²) >= 11 is 0. The van der Waals surface area contributed by atoms with E-state index in [4.69, 9.17) is 0 Å². The molecule has 0 unspecified atom stereocenters. The van der Waals surface area contributed by atoms with Crippen LogP contribution in [-0.4, -0.2) is 40.2 Å². The number of carbonyl (C=O) groups excluding carboxylic acids is 2. The number of nitrogens with zero attached hydrogens (tertiary/aromatic N) is 3. The number of hydrogen-bond donors (Lipinski definition) is 0. The van der Waals surface area contributed by atoms with E-state index in [1.807, 2.05) is 6.92 Å². The van der Waals surface area contributed by atoms with E-state index < -0.39 is 0 Å². The minimum absolute atomic E-state index is 0.0337. The summed E-state index contributed by atoms with van der Waals surface area (Å²) in [6.07, 6.45) is 3.76. The predicted octanol–water partition coefficient (Wildman–Crippen LogP) is 0.174. The molecule has 0 aromatic carbocycles. The van der Waals surface area contributed by atoms with Crippen LogP contribution in [0.15, 0.2) is 12.4 Å². The lowest BCUT2D eigenvalue weighted by Crippen LogP contribution is -2.30. The third kappa shape index (κ3) is 2.18. The van der Waals surface area contributed by atoms with E-state index in [1.54, 1.807) is 18.1 Å². The standard InChI is InChI=1S/C9H13N3O2/c1-3-11(2)9(14)6-12-5-4-10-8(12)7-13/h4-5,7H,3,6H2,1-2H3. The molecule has 5 nitrogen and oxygen atoms in total. The summed E-state index contributed by atoms with van der Waals surface area (Å²) in [7, 11) is 1.72. The lowest BCUT2D eigenvalue weighted by atomic mass is 10.5. The van der Waals surface area contributed by atoms with Gasteiger partial charge in [-0.25, -0.2) is 4.98 Å². The molecule has 0 saturated heterocycles. The molecule has 0 aliphatic rings. The highest BCUT2D eigenvalue weighted by Gasteiger charge is 2.09. The minimum Gasteiger partial charge on any atom is -0.344 e. The van der Waals surface area contributed by atoms with Gasteiger partial charge in [-0.3, -0.25) is 9.59 Å². The van der Waals surface area contributed by atoms with Gasteiger partial charge in [-0.15, -0.1) is 0 Å². The Morgan fingerprint density at radius 3 is 3.00 bits per heavy atom. The lowest BCUT2D eigenvalue weighted by Gasteiger charge is -2.14. The van der Waals surface area contributed by atoms with Gasteiger partial charge < -0.3 is 9.47 Å². The minimum atomic E-state index is -0.0337. The third-order valence-electron chi connectivity index (χ3n) is 2.06. The number of hydrogen-bond acceptors (Lipinski definition) is 3.